The molecule has 0 N–H and O–H groups in total. The van der Waals surface area contributed by atoms with E-state index in [1.165, 1.54) is 23.1 Å². The normalized spacial score (nSPS) is 13.4. The average Bonchev–Trinajstić information content (AvgIpc) is 2.37. The third-order valence-electron chi connectivity index (χ3n) is 5.01. The molecule has 0 aromatic heterocycles. The summed E-state index contributed by atoms with van der Waals surface area (Å²) in [4.78, 5) is 0. The van der Waals surface area contributed by atoms with Gasteiger partial charge in [-0.15, -0.1) is 0 Å². The highest BCUT2D eigenvalue weighted by Crippen LogP contribution is 2.45. The lowest BCUT2D eigenvalue weighted by atomic mass is 9.62. The molecule has 0 amide bonds. The fourth-order valence-electron chi connectivity index (χ4n) is 2.47. The van der Waals surface area contributed by atoms with Gasteiger partial charge in [-0.25, -0.2) is 0 Å². The minimum atomic E-state index is 0.162. The lowest BCUT2D eigenvalue weighted by Crippen LogP contribution is -2.36. The fraction of sp³-hybridized carbons (Fsp3) is 0.500. The second kappa shape index (κ2) is 6.43. The Labute approximate surface area is 125 Å². The Balaban J connectivity index is 2.91. The summed E-state index contributed by atoms with van der Waals surface area (Å²) in [5.41, 5.74) is 4.58. The van der Waals surface area contributed by atoms with Crippen LogP contribution in [0.2, 0.25) is 0 Å². The average molecular weight is 270 g/mol. The quantitative estimate of drug-likeness (QED) is 0.539. The lowest BCUT2D eigenvalue weighted by Gasteiger charge is -2.42. The predicted octanol–water partition coefficient (Wildman–Crippen LogP) is 6.21. The summed E-state index contributed by atoms with van der Waals surface area (Å²) in [5, 5.41) is 0. The molecule has 0 unspecified atom stereocenters. The molecule has 0 saturated carbocycles. The van der Waals surface area contributed by atoms with Crippen LogP contribution in [0.1, 0.15) is 58.6 Å². The Morgan fingerprint density at radius 3 is 2.15 bits per heavy atom. The third kappa shape index (κ3) is 3.85. The van der Waals surface area contributed by atoms with E-state index in [1.54, 1.807) is 0 Å². The summed E-state index contributed by atoms with van der Waals surface area (Å²) in [6, 6.07) is 9.00. The molecule has 0 heterocycles. The monoisotopic (exact) mass is 270 g/mol. The van der Waals surface area contributed by atoms with Gasteiger partial charge in [-0.3, -0.25) is 0 Å². The van der Waals surface area contributed by atoms with Gasteiger partial charge in [0.05, 0.1) is 0 Å². The molecule has 0 heteroatoms. The molecule has 0 spiro atoms. The van der Waals surface area contributed by atoms with Crippen LogP contribution in [0.5, 0.6) is 0 Å². The summed E-state index contributed by atoms with van der Waals surface area (Å²) in [6.45, 7) is 17.6. The van der Waals surface area contributed by atoms with Crippen LogP contribution in [0.25, 0.3) is 0 Å². The van der Waals surface area contributed by atoms with E-state index in [-0.39, 0.29) is 10.8 Å². The first-order chi connectivity index (χ1) is 9.20. The standard InChI is InChI=1S/C20H30/c1-8-9-16(2)14-15-19(4,5)20(6,7)18-12-10-17(3)11-13-18/h8-13H,1,14-15H2,2-7H3/b16-9-. The number of allylic oxidation sites excluding steroid dienone is 3. The highest BCUT2D eigenvalue weighted by Gasteiger charge is 2.37. The number of rotatable bonds is 6. The van der Waals surface area contributed by atoms with Crippen molar-refractivity contribution in [3.8, 4) is 0 Å². The summed E-state index contributed by atoms with van der Waals surface area (Å²) in [7, 11) is 0. The summed E-state index contributed by atoms with van der Waals surface area (Å²) in [5.74, 6) is 0. The molecule has 1 aromatic carbocycles. The van der Waals surface area contributed by atoms with Crippen LogP contribution in [-0.4, -0.2) is 0 Å². The topological polar surface area (TPSA) is 0 Å². The van der Waals surface area contributed by atoms with Crippen LogP contribution >= 0.6 is 0 Å². The lowest BCUT2D eigenvalue weighted by molar-refractivity contribution is 0.181. The van der Waals surface area contributed by atoms with Crippen LogP contribution in [0.4, 0.5) is 0 Å². The van der Waals surface area contributed by atoms with Gasteiger partial charge in [0.15, 0.2) is 0 Å². The van der Waals surface area contributed by atoms with Crippen molar-refractivity contribution in [2.45, 2.75) is 59.8 Å². The van der Waals surface area contributed by atoms with E-state index < -0.39 is 0 Å². The van der Waals surface area contributed by atoms with Crippen molar-refractivity contribution < 1.29 is 0 Å². The first-order valence-corrected chi connectivity index (χ1v) is 7.56. The van der Waals surface area contributed by atoms with Gasteiger partial charge in [-0.1, -0.05) is 81.8 Å². The van der Waals surface area contributed by atoms with E-state index >= 15 is 0 Å². The third-order valence-corrected chi connectivity index (χ3v) is 5.01. The molecule has 0 aliphatic rings. The van der Waals surface area contributed by atoms with Gasteiger partial charge in [-0.05, 0) is 43.1 Å². The summed E-state index contributed by atoms with van der Waals surface area (Å²) >= 11 is 0. The zero-order valence-electron chi connectivity index (χ0n) is 14.1. The van der Waals surface area contributed by atoms with Gasteiger partial charge in [0.25, 0.3) is 0 Å². The van der Waals surface area contributed by atoms with E-state index in [1.807, 2.05) is 6.08 Å². The predicted molar refractivity (Wildman–Crippen MR) is 91.2 cm³/mol. The fourth-order valence-corrected chi connectivity index (χ4v) is 2.47. The minimum Gasteiger partial charge on any atom is -0.0991 e. The second-order valence-electron chi connectivity index (χ2n) is 7.12. The summed E-state index contributed by atoms with van der Waals surface area (Å²) < 4.78 is 0. The van der Waals surface area contributed by atoms with Crippen molar-refractivity contribution >= 4 is 0 Å². The first kappa shape index (κ1) is 16.8. The van der Waals surface area contributed by atoms with Gasteiger partial charge in [0.2, 0.25) is 0 Å². The van der Waals surface area contributed by atoms with Crippen molar-refractivity contribution in [3.05, 3.63) is 59.7 Å². The molecule has 0 atom stereocenters. The maximum absolute atomic E-state index is 3.77. The van der Waals surface area contributed by atoms with E-state index in [2.05, 4.69) is 78.5 Å². The van der Waals surface area contributed by atoms with Gasteiger partial charge >= 0.3 is 0 Å². The Morgan fingerprint density at radius 1 is 1.10 bits per heavy atom. The second-order valence-corrected chi connectivity index (χ2v) is 7.12. The SMILES string of the molecule is C=C/C=C(/C)CCC(C)(C)C(C)(C)c1ccc(C)cc1. The van der Waals surface area contributed by atoms with Crippen molar-refractivity contribution in [1.29, 1.82) is 0 Å². The van der Waals surface area contributed by atoms with Crippen LogP contribution in [0.3, 0.4) is 0 Å². The van der Waals surface area contributed by atoms with Gasteiger partial charge in [0, 0.05) is 0 Å². The first-order valence-electron chi connectivity index (χ1n) is 7.56. The van der Waals surface area contributed by atoms with E-state index in [0.29, 0.717) is 0 Å². The Kier molecular flexibility index (Phi) is 5.39. The van der Waals surface area contributed by atoms with Gasteiger partial charge in [0.1, 0.15) is 0 Å². The number of aryl methyl sites for hydroxylation is 1. The Hall–Kier alpha value is -1.30. The molecule has 0 fully saturated rings. The number of hydrogen-bond acceptors (Lipinski definition) is 0. The maximum atomic E-state index is 3.77. The molecular weight excluding hydrogens is 240 g/mol. The Bertz CT molecular complexity index is 469. The molecule has 1 aromatic rings. The molecular formula is C20H30. The van der Waals surface area contributed by atoms with Crippen molar-refractivity contribution in [1.82, 2.24) is 0 Å². The molecule has 110 valence electrons. The maximum Gasteiger partial charge on any atom is -0.00523 e. The minimum absolute atomic E-state index is 0.162. The van der Waals surface area contributed by atoms with E-state index in [0.717, 1.165) is 6.42 Å². The number of benzene rings is 1. The van der Waals surface area contributed by atoms with E-state index in [4.69, 9.17) is 0 Å². The molecule has 0 bridgehead atoms. The highest BCUT2D eigenvalue weighted by atomic mass is 14.4. The molecule has 0 saturated heterocycles. The Morgan fingerprint density at radius 2 is 1.65 bits per heavy atom. The smallest absolute Gasteiger partial charge is 0.00523 e. The highest BCUT2D eigenvalue weighted by molar-refractivity contribution is 5.29. The van der Waals surface area contributed by atoms with E-state index in [9.17, 15) is 0 Å². The van der Waals surface area contributed by atoms with Crippen LogP contribution in [0.15, 0.2) is 48.6 Å². The molecule has 0 radical (unpaired) electrons. The zero-order valence-corrected chi connectivity index (χ0v) is 14.1. The van der Waals surface area contributed by atoms with Crippen LogP contribution in [0, 0.1) is 12.3 Å². The molecule has 0 nitrogen and oxygen atoms in total. The largest absolute Gasteiger partial charge is 0.0991 e. The van der Waals surface area contributed by atoms with Gasteiger partial charge in [-0.2, -0.15) is 0 Å². The van der Waals surface area contributed by atoms with Crippen LogP contribution in [-0.2, 0) is 5.41 Å². The van der Waals surface area contributed by atoms with Crippen molar-refractivity contribution in [3.63, 3.8) is 0 Å². The molecule has 0 aliphatic heterocycles. The zero-order chi connectivity index (χ0) is 15.4. The summed E-state index contributed by atoms with van der Waals surface area (Å²) in [6.07, 6.45) is 6.32. The molecule has 20 heavy (non-hydrogen) atoms. The van der Waals surface area contributed by atoms with Crippen molar-refractivity contribution in [2.75, 3.05) is 0 Å². The van der Waals surface area contributed by atoms with Crippen LogP contribution < -0.4 is 0 Å². The van der Waals surface area contributed by atoms with Gasteiger partial charge < -0.3 is 0 Å². The molecule has 0 aliphatic carbocycles. The number of hydrogen-bond donors (Lipinski definition) is 0. The molecule has 1 rings (SSSR count). The van der Waals surface area contributed by atoms with Crippen molar-refractivity contribution in [2.24, 2.45) is 5.41 Å².